The second-order valence-electron chi connectivity index (χ2n) is 5.81. The molecule has 0 amide bonds. The van der Waals surface area contributed by atoms with Crippen LogP contribution in [0, 0.1) is 0 Å². The van der Waals surface area contributed by atoms with Gasteiger partial charge in [-0.25, -0.2) is 0 Å². The summed E-state index contributed by atoms with van der Waals surface area (Å²) in [6.07, 6.45) is 1.71. The first-order chi connectivity index (χ1) is 10.6. The molecule has 0 saturated carbocycles. The van der Waals surface area contributed by atoms with Crippen LogP contribution in [0.15, 0.2) is 36.4 Å². The molecule has 1 aliphatic heterocycles. The second-order valence-corrected chi connectivity index (χ2v) is 5.81. The van der Waals surface area contributed by atoms with Gasteiger partial charge in [-0.2, -0.15) is 0 Å². The highest BCUT2D eigenvalue weighted by Crippen LogP contribution is 2.42. The molecule has 3 rings (SSSR count). The predicted molar refractivity (Wildman–Crippen MR) is 85.5 cm³/mol. The van der Waals surface area contributed by atoms with Crippen LogP contribution in [0.5, 0.6) is 17.2 Å². The minimum atomic E-state index is 0.100. The third kappa shape index (κ3) is 2.62. The van der Waals surface area contributed by atoms with E-state index in [-0.39, 0.29) is 17.5 Å². The Balaban J connectivity index is 1.99. The number of hydrogen-bond acceptors (Lipinski definition) is 4. The van der Waals surface area contributed by atoms with Crippen LogP contribution in [0.2, 0.25) is 0 Å². The molecule has 0 unspecified atom stereocenters. The second kappa shape index (κ2) is 5.89. The molecule has 0 aromatic heterocycles. The average molecular weight is 299 g/mol. The number of phenolic OH excluding ortho intramolecular Hbond substituents is 2. The molecule has 0 aliphatic carbocycles. The number of nitrogens with zero attached hydrogens (tertiary/aromatic N) is 1. The molecule has 2 aromatic carbocycles. The number of likely N-dealkylation sites (N-methyl/N-ethyl adjacent to an activating group) is 1. The quantitative estimate of drug-likeness (QED) is 0.915. The molecule has 0 bridgehead atoms. The van der Waals surface area contributed by atoms with Crippen molar-refractivity contribution in [3.8, 4) is 17.2 Å². The summed E-state index contributed by atoms with van der Waals surface area (Å²) < 4.78 is 5.26. The molecule has 1 heterocycles. The van der Waals surface area contributed by atoms with Crippen molar-refractivity contribution >= 4 is 0 Å². The number of hydrogen-bond donors (Lipinski definition) is 2. The van der Waals surface area contributed by atoms with E-state index in [1.165, 1.54) is 5.56 Å². The predicted octanol–water partition coefficient (Wildman–Crippen LogP) is 2.88. The fourth-order valence-electron chi connectivity index (χ4n) is 3.17. The van der Waals surface area contributed by atoms with Gasteiger partial charge in [-0.3, -0.25) is 4.90 Å². The lowest BCUT2D eigenvalue weighted by Crippen LogP contribution is -2.33. The van der Waals surface area contributed by atoms with Gasteiger partial charge in [-0.1, -0.05) is 18.2 Å². The Hall–Kier alpha value is -2.20. The van der Waals surface area contributed by atoms with E-state index in [9.17, 15) is 10.2 Å². The molecule has 1 aliphatic rings. The molecule has 0 spiro atoms. The maximum Gasteiger partial charge on any atom is 0.162 e. The molecule has 116 valence electrons. The maximum atomic E-state index is 10.6. The van der Waals surface area contributed by atoms with E-state index in [0.717, 1.165) is 30.5 Å². The summed E-state index contributed by atoms with van der Waals surface area (Å²) in [5, 5.41) is 20.0. The van der Waals surface area contributed by atoms with E-state index >= 15 is 0 Å². The lowest BCUT2D eigenvalue weighted by atomic mass is 9.88. The van der Waals surface area contributed by atoms with Gasteiger partial charge in [0.25, 0.3) is 0 Å². The molecular formula is C18H21NO3. The Bertz CT molecular complexity index is 667. The van der Waals surface area contributed by atoms with Gasteiger partial charge < -0.3 is 14.9 Å². The summed E-state index contributed by atoms with van der Waals surface area (Å²) in [7, 11) is 3.65. The lowest BCUT2D eigenvalue weighted by molar-refractivity contribution is 0.222. The largest absolute Gasteiger partial charge is 0.508 e. The van der Waals surface area contributed by atoms with Gasteiger partial charge in [-0.05, 0) is 49.2 Å². The van der Waals surface area contributed by atoms with Crippen molar-refractivity contribution in [2.75, 3.05) is 20.7 Å². The van der Waals surface area contributed by atoms with Crippen LogP contribution < -0.4 is 4.74 Å². The number of aromatic hydroxyl groups is 2. The highest BCUT2D eigenvalue weighted by atomic mass is 16.5. The standard InChI is InChI=1S/C18H21NO3/c1-19-10-9-13-5-8-16(22-2)18(21)17(13)15(19)11-12-3-6-14(20)7-4-12/h3-8,15,20-21H,9-11H2,1-2H3/t15-/m0/s1. The van der Waals surface area contributed by atoms with Gasteiger partial charge in [0.05, 0.1) is 7.11 Å². The molecule has 0 fully saturated rings. The first-order valence-electron chi connectivity index (χ1n) is 7.47. The summed E-state index contributed by atoms with van der Waals surface area (Å²) in [6.45, 7) is 0.960. The maximum absolute atomic E-state index is 10.6. The third-order valence-corrected chi connectivity index (χ3v) is 4.45. The molecule has 2 N–H and O–H groups in total. The Morgan fingerprint density at radius 1 is 1.14 bits per heavy atom. The Morgan fingerprint density at radius 2 is 1.86 bits per heavy atom. The van der Waals surface area contributed by atoms with E-state index < -0.39 is 0 Å². The van der Waals surface area contributed by atoms with Gasteiger partial charge in [-0.15, -0.1) is 0 Å². The van der Waals surface area contributed by atoms with Crippen LogP contribution in [0.1, 0.15) is 22.7 Å². The first kappa shape index (κ1) is 14.7. The number of fused-ring (bicyclic) bond motifs is 1. The molecule has 0 saturated heterocycles. The number of ether oxygens (including phenoxy) is 1. The summed E-state index contributed by atoms with van der Waals surface area (Å²) >= 11 is 0. The van der Waals surface area contributed by atoms with E-state index in [1.54, 1.807) is 19.2 Å². The SMILES string of the molecule is COc1ccc2c(c1O)[C@H](Cc1ccc(O)cc1)N(C)CC2. The van der Waals surface area contributed by atoms with Crippen LogP contribution in [0.4, 0.5) is 0 Å². The summed E-state index contributed by atoms with van der Waals surface area (Å²) in [6, 6.07) is 11.2. The van der Waals surface area contributed by atoms with E-state index in [4.69, 9.17) is 4.74 Å². The molecule has 4 heteroatoms. The average Bonchev–Trinajstić information content (AvgIpc) is 2.52. The Labute approximate surface area is 130 Å². The van der Waals surface area contributed by atoms with Crippen molar-refractivity contribution < 1.29 is 14.9 Å². The zero-order valence-corrected chi connectivity index (χ0v) is 12.9. The summed E-state index contributed by atoms with van der Waals surface area (Å²) in [5.74, 6) is 1.03. The van der Waals surface area contributed by atoms with Gasteiger partial charge >= 0.3 is 0 Å². The van der Waals surface area contributed by atoms with Gasteiger partial charge in [0.15, 0.2) is 11.5 Å². The minimum Gasteiger partial charge on any atom is -0.508 e. The Kier molecular flexibility index (Phi) is 3.94. The normalized spacial score (nSPS) is 18.0. The monoisotopic (exact) mass is 299 g/mol. The van der Waals surface area contributed by atoms with Gasteiger partial charge in [0.2, 0.25) is 0 Å². The van der Waals surface area contributed by atoms with E-state index in [1.807, 2.05) is 24.3 Å². The smallest absolute Gasteiger partial charge is 0.162 e. The minimum absolute atomic E-state index is 0.100. The van der Waals surface area contributed by atoms with Crippen LogP contribution in [-0.4, -0.2) is 35.8 Å². The number of methoxy groups -OCH3 is 1. The third-order valence-electron chi connectivity index (χ3n) is 4.45. The van der Waals surface area contributed by atoms with Crippen LogP contribution in [-0.2, 0) is 12.8 Å². The highest BCUT2D eigenvalue weighted by molar-refractivity contribution is 5.52. The van der Waals surface area contributed by atoms with Crippen molar-refractivity contribution in [2.45, 2.75) is 18.9 Å². The summed E-state index contributed by atoms with van der Waals surface area (Å²) in [5.41, 5.74) is 3.27. The molecular weight excluding hydrogens is 278 g/mol. The van der Waals surface area contributed by atoms with Crippen molar-refractivity contribution in [1.82, 2.24) is 4.90 Å². The first-order valence-corrected chi connectivity index (χ1v) is 7.47. The fourth-order valence-corrected chi connectivity index (χ4v) is 3.17. The molecule has 0 radical (unpaired) electrons. The number of rotatable bonds is 3. The van der Waals surface area contributed by atoms with Crippen LogP contribution in [0.25, 0.3) is 0 Å². The molecule has 4 nitrogen and oxygen atoms in total. The Morgan fingerprint density at radius 3 is 2.55 bits per heavy atom. The molecule has 1 atom stereocenters. The fraction of sp³-hybridized carbons (Fsp3) is 0.333. The molecule has 22 heavy (non-hydrogen) atoms. The van der Waals surface area contributed by atoms with Crippen molar-refractivity contribution in [2.24, 2.45) is 0 Å². The number of benzene rings is 2. The number of phenols is 2. The molecule has 2 aromatic rings. The van der Waals surface area contributed by atoms with Crippen molar-refractivity contribution in [1.29, 1.82) is 0 Å². The van der Waals surface area contributed by atoms with E-state index in [2.05, 4.69) is 11.9 Å². The lowest BCUT2D eigenvalue weighted by Gasteiger charge is -2.35. The summed E-state index contributed by atoms with van der Waals surface area (Å²) in [4.78, 5) is 2.26. The van der Waals surface area contributed by atoms with Crippen LogP contribution in [0.3, 0.4) is 0 Å². The van der Waals surface area contributed by atoms with Crippen LogP contribution >= 0.6 is 0 Å². The topological polar surface area (TPSA) is 52.9 Å². The van der Waals surface area contributed by atoms with E-state index in [0.29, 0.717) is 5.75 Å². The van der Waals surface area contributed by atoms with Gasteiger partial charge in [0.1, 0.15) is 5.75 Å². The highest BCUT2D eigenvalue weighted by Gasteiger charge is 2.29. The van der Waals surface area contributed by atoms with Crippen molar-refractivity contribution in [3.63, 3.8) is 0 Å². The van der Waals surface area contributed by atoms with Gasteiger partial charge in [0, 0.05) is 18.2 Å². The zero-order chi connectivity index (χ0) is 15.7. The van der Waals surface area contributed by atoms with Crippen molar-refractivity contribution in [3.05, 3.63) is 53.1 Å². The zero-order valence-electron chi connectivity index (χ0n) is 12.9.